The topological polar surface area (TPSA) is 49.4 Å². The Kier molecular flexibility index (Phi) is 6.59. The highest BCUT2D eigenvalue weighted by Gasteiger charge is 2.47. The van der Waals surface area contributed by atoms with Crippen molar-refractivity contribution in [3.8, 4) is 0 Å². The minimum absolute atomic E-state index is 0.0368. The van der Waals surface area contributed by atoms with E-state index in [4.69, 9.17) is 23.2 Å². The molecule has 0 saturated carbocycles. The number of piperazine rings is 1. The van der Waals surface area contributed by atoms with E-state index in [0.29, 0.717) is 15.6 Å². The van der Waals surface area contributed by atoms with E-state index in [9.17, 15) is 9.59 Å². The SMILES string of the molecule is CCC(CC)[C@@H]1C(=O)N[C@H](C2Cc3ccccc3C2)C(=O)N1Cc1c(Cl)cccc1Cl. The van der Waals surface area contributed by atoms with Crippen molar-refractivity contribution in [1.82, 2.24) is 10.2 Å². The minimum Gasteiger partial charge on any atom is -0.342 e. The fourth-order valence-corrected chi connectivity index (χ4v) is 5.66. The molecule has 2 aromatic rings. The lowest BCUT2D eigenvalue weighted by Crippen LogP contribution is -2.66. The maximum Gasteiger partial charge on any atom is 0.246 e. The molecule has 1 saturated heterocycles. The Labute approximate surface area is 193 Å². The molecule has 2 atom stereocenters. The molecule has 0 radical (unpaired) electrons. The minimum atomic E-state index is -0.535. The maximum atomic E-state index is 13.8. The molecule has 2 aromatic carbocycles. The first-order chi connectivity index (χ1) is 14.9. The molecule has 1 aliphatic carbocycles. The van der Waals surface area contributed by atoms with Crippen molar-refractivity contribution in [2.75, 3.05) is 0 Å². The van der Waals surface area contributed by atoms with Gasteiger partial charge < -0.3 is 10.2 Å². The maximum absolute atomic E-state index is 13.8. The van der Waals surface area contributed by atoms with Crippen LogP contribution in [0.4, 0.5) is 0 Å². The first-order valence-corrected chi connectivity index (χ1v) is 11.8. The quantitative estimate of drug-likeness (QED) is 0.658. The van der Waals surface area contributed by atoms with Gasteiger partial charge in [0.15, 0.2) is 0 Å². The zero-order valence-corrected chi connectivity index (χ0v) is 19.4. The molecule has 1 aliphatic heterocycles. The van der Waals surface area contributed by atoms with Gasteiger partial charge >= 0.3 is 0 Å². The summed E-state index contributed by atoms with van der Waals surface area (Å²) in [7, 11) is 0. The van der Waals surface area contributed by atoms with Crippen LogP contribution in [0.2, 0.25) is 10.0 Å². The number of nitrogens with zero attached hydrogens (tertiary/aromatic N) is 1. The zero-order valence-electron chi connectivity index (χ0n) is 17.9. The van der Waals surface area contributed by atoms with Crippen molar-refractivity contribution in [1.29, 1.82) is 0 Å². The predicted molar refractivity (Wildman–Crippen MR) is 124 cm³/mol. The summed E-state index contributed by atoms with van der Waals surface area (Å²) in [5.41, 5.74) is 3.22. The summed E-state index contributed by atoms with van der Waals surface area (Å²) in [6, 6.07) is 12.5. The fourth-order valence-electron chi connectivity index (χ4n) is 5.14. The first kappa shape index (κ1) is 22.2. The largest absolute Gasteiger partial charge is 0.342 e. The van der Waals surface area contributed by atoms with Gasteiger partial charge in [-0.1, -0.05) is 80.2 Å². The van der Waals surface area contributed by atoms with Gasteiger partial charge in [0.1, 0.15) is 12.1 Å². The van der Waals surface area contributed by atoms with Gasteiger partial charge in [-0.2, -0.15) is 0 Å². The molecule has 6 heteroatoms. The highest BCUT2D eigenvalue weighted by Crippen LogP contribution is 2.35. The lowest BCUT2D eigenvalue weighted by molar-refractivity contribution is -0.154. The number of rotatable bonds is 6. The Hall–Kier alpha value is -2.04. The molecule has 0 bridgehead atoms. The molecule has 4 rings (SSSR count). The van der Waals surface area contributed by atoms with Crippen LogP contribution in [0, 0.1) is 11.8 Å². The van der Waals surface area contributed by atoms with Crippen molar-refractivity contribution in [2.45, 2.75) is 58.2 Å². The van der Waals surface area contributed by atoms with Gasteiger partial charge in [-0.15, -0.1) is 0 Å². The third-order valence-electron chi connectivity index (χ3n) is 6.89. The third-order valence-corrected chi connectivity index (χ3v) is 7.60. The van der Waals surface area contributed by atoms with Crippen LogP contribution in [-0.2, 0) is 29.0 Å². The third kappa shape index (κ3) is 4.20. The van der Waals surface area contributed by atoms with Crippen LogP contribution >= 0.6 is 23.2 Å². The van der Waals surface area contributed by atoms with Gasteiger partial charge in [-0.25, -0.2) is 0 Å². The number of fused-ring (bicyclic) bond motifs is 1. The van der Waals surface area contributed by atoms with Gasteiger partial charge in [0.2, 0.25) is 11.8 Å². The number of carbonyl (C=O) groups is 2. The predicted octanol–water partition coefficient (Wildman–Crippen LogP) is 5.04. The van der Waals surface area contributed by atoms with E-state index in [1.807, 2.05) is 12.1 Å². The van der Waals surface area contributed by atoms with Crippen molar-refractivity contribution >= 4 is 35.0 Å². The summed E-state index contributed by atoms with van der Waals surface area (Å²) in [6.07, 6.45) is 3.22. The zero-order chi connectivity index (χ0) is 22.1. The van der Waals surface area contributed by atoms with Crippen LogP contribution in [0.25, 0.3) is 0 Å². The van der Waals surface area contributed by atoms with Gasteiger partial charge in [0, 0.05) is 22.2 Å². The molecule has 0 spiro atoms. The van der Waals surface area contributed by atoms with Crippen LogP contribution in [0.5, 0.6) is 0 Å². The van der Waals surface area contributed by atoms with Crippen LogP contribution in [0.3, 0.4) is 0 Å². The van der Waals surface area contributed by atoms with Crippen molar-refractivity contribution in [3.63, 3.8) is 0 Å². The van der Waals surface area contributed by atoms with E-state index < -0.39 is 12.1 Å². The van der Waals surface area contributed by atoms with Crippen LogP contribution in [-0.4, -0.2) is 28.8 Å². The summed E-state index contributed by atoms with van der Waals surface area (Å²) >= 11 is 12.9. The molecule has 1 fully saturated rings. The van der Waals surface area contributed by atoms with Crippen molar-refractivity contribution in [2.24, 2.45) is 11.8 Å². The molecule has 4 nitrogen and oxygen atoms in total. The van der Waals surface area contributed by atoms with Crippen LogP contribution in [0.1, 0.15) is 43.4 Å². The molecule has 2 aliphatic rings. The summed E-state index contributed by atoms with van der Waals surface area (Å²) in [6.45, 7) is 4.36. The highest BCUT2D eigenvalue weighted by atomic mass is 35.5. The monoisotopic (exact) mass is 458 g/mol. The van der Waals surface area contributed by atoms with Gasteiger partial charge in [-0.05, 0) is 47.9 Å². The Morgan fingerprint density at radius 1 is 0.968 bits per heavy atom. The Balaban J connectivity index is 1.67. The van der Waals surface area contributed by atoms with E-state index in [1.165, 1.54) is 11.1 Å². The molecule has 1 N–H and O–H groups in total. The van der Waals surface area contributed by atoms with E-state index in [0.717, 1.165) is 25.7 Å². The number of hydrogen-bond donors (Lipinski definition) is 1. The highest BCUT2D eigenvalue weighted by molar-refractivity contribution is 6.36. The number of nitrogens with one attached hydrogen (secondary N) is 1. The van der Waals surface area contributed by atoms with Gasteiger partial charge in [0.05, 0.1) is 0 Å². The molecule has 1 heterocycles. The van der Waals surface area contributed by atoms with Crippen molar-refractivity contribution < 1.29 is 9.59 Å². The van der Waals surface area contributed by atoms with E-state index in [-0.39, 0.29) is 30.2 Å². The summed E-state index contributed by atoms with van der Waals surface area (Å²) in [4.78, 5) is 28.9. The Bertz CT molecular complexity index is 944. The summed E-state index contributed by atoms with van der Waals surface area (Å²) in [5.74, 6) is 0.0235. The van der Waals surface area contributed by atoms with Crippen LogP contribution in [0.15, 0.2) is 42.5 Å². The average molecular weight is 459 g/mol. The molecule has 31 heavy (non-hydrogen) atoms. The first-order valence-electron chi connectivity index (χ1n) is 11.0. The second-order valence-electron chi connectivity index (χ2n) is 8.61. The van der Waals surface area contributed by atoms with E-state index >= 15 is 0 Å². The van der Waals surface area contributed by atoms with Crippen molar-refractivity contribution in [3.05, 3.63) is 69.2 Å². The normalized spacial score (nSPS) is 21.5. The van der Waals surface area contributed by atoms with Gasteiger partial charge in [-0.3, -0.25) is 9.59 Å². The van der Waals surface area contributed by atoms with Gasteiger partial charge in [0.25, 0.3) is 0 Å². The number of halogens is 2. The molecular weight excluding hydrogens is 431 g/mol. The number of benzene rings is 2. The molecule has 0 aromatic heterocycles. The molecular formula is C25H28Cl2N2O2. The Morgan fingerprint density at radius 2 is 1.55 bits per heavy atom. The molecule has 0 unspecified atom stereocenters. The van der Waals surface area contributed by atoms with Crippen LogP contribution < -0.4 is 5.32 Å². The smallest absolute Gasteiger partial charge is 0.246 e. The Morgan fingerprint density at radius 3 is 2.10 bits per heavy atom. The number of hydrogen-bond acceptors (Lipinski definition) is 2. The lowest BCUT2D eigenvalue weighted by Gasteiger charge is -2.44. The summed E-state index contributed by atoms with van der Waals surface area (Å²) < 4.78 is 0. The number of amides is 2. The fraction of sp³-hybridized carbons (Fsp3) is 0.440. The van der Waals surface area contributed by atoms with E-state index in [2.05, 4.69) is 31.3 Å². The second-order valence-corrected chi connectivity index (χ2v) is 9.43. The molecule has 164 valence electrons. The standard InChI is InChI=1S/C25H28Cl2N2O2/c1-3-15(4-2)23-24(30)28-22(18-12-16-8-5-6-9-17(16)13-18)25(31)29(23)14-19-20(26)10-7-11-21(19)27/h5-11,15,18,22-23H,3-4,12-14H2,1-2H3,(H,28,30)/t22-,23-/m1/s1. The molecule has 2 amide bonds. The lowest BCUT2D eigenvalue weighted by atomic mass is 9.86. The van der Waals surface area contributed by atoms with E-state index in [1.54, 1.807) is 23.1 Å². The number of carbonyl (C=O) groups excluding carboxylic acids is 2. The average Bonchev–Trinajstić information content (AvgIpc) is 3.19. The summed E-state index contributed by atoms with van der Waals surface area (Å²) in [5, 5.41) is 4.12. The second kappa shape index (κ2) is 9.22.